The Labute approximate surface area is 219 Å². The maximum atomic E-state index is 11.4. The molecule has 1 amide bonds. The molecule has 2 heterocycles. The van der Waals surface area contributed by atoms with E-state index in [9.17, 15) is 4.79 Å². The Morgan fingerprint density at radius 1 is 1.11 bits per heavy atom. The Balaban J connectivity index is 1.59. The van der Waals surface area contributed by atoms with E-state index in [1.165, 1.54) is 6.08 Å². The molecule has 188 valence electrons. The molecular formula is C29H25N7O2. The number of hydrogen-bond donors (Lipinski definition) is 3. The van der Waals surface area contributed by atoms with Gasteiger partial charge in [0.25, 0.3) is 5.91 Å². The van der Waals surface area contributed by atoms with Crippen molar-refractivity contribution < 1.29 is 9.53 Å². The molecule has 9 nitrogen and oxygen atoms in total. The minimum atomic E-state index is -0.764. The van der Waals surface area contributed by atoms with E-state index in [0.717, 1.165) is 27.5 Å². The van der Waals surface area contributed by atoms with Crippen LogP contribution in [0.1, 0.15) is 16.8 Å². The summed E-state index contributed by atoms with van der Waals surface area (Å²) in [6.07, 6.45) is 1.47. The van der Waals surface area contributed by atoms with Crippen LogP contribution in [0.5, 0.6) is 5.75 Å². The van der Waals surface area contributed by atoms with Crippen molar-refractivity contribution in [3.8, 4) is 17.8 Å². The van der Waals surface area contributed by atoms with E-state index in [0.29, 0.717) is 41.7 Å². The van der Waals surface area contributed by atoms with Crippen molar-refractivity contribution in [3.63, 3.8) is 0 Å². The van der Waals surface area contributed by atoms with E-state index in [1.54, 1.807) is 13.2 Å². The first-order chi connectivity index (χ1) is 18.5. The Bertz CT molecular complexity index is 1750. The van der Waals surface area contributed by atoms with E-state index in [1.807, 2.05) is 77.4 Å². The van der Waals surface area contributed by atoms with Crippen molar-refractivity contribution in [2.24, 2.45) is 11.5 Å². The van der Waals surface area contributed by atoms with Crippen molar-refractivity contribution in [2.45, 2.75) is 13.1 Å². The van der Waals surface area contributed by atoms with Crippen molar-refractivity contribution in [3.05, 3.63) is 95.2 Å². The number of aromatic nitrogens is 3. The monoisotopic (exact) mass is 503 g/mol. The Morgan fingerprint density at radius 3 is 2.68 bits per heavy atom. The van der Waals surface area contributed by atoms with Crippen LogP contribution in [0, 0.1) is 11.3 Å². The molecule has 0 saturated carbocycles. The molecule has 5 aromatic rings. The number of primary amides is 1. The first-order valence-corrected chi connectivity index (χ1v) is 11.9. The number of amides is 1. The van der Waals surface area contributed by atoms with Crippen LogP contribution < -0.4 is 21.5 Å². The average Bonchev–Trinajstić information content (AvgIpc) is 3.33. The Morgan fingerprint density at radius 2 is 1.92 bits per heavy atom. The van der Waals surface area contributed by atoms with Gasteiger partial charge in [-0.2, -0.15) is 10.2 Å². The number of nitrogens with zero attached hydrogens (tertiary/aromatic N) is 4. The summed E-state index contributed by atoms with van der Waals surface area (Å²) in [7, 11) is 1.61. The fourth-order valence-corrected chi connectivity index (χ4v) is 4.42. The van der Waals surface area contributed by atoms with Crippen molar-refractivity contribution in [2.75, 3.05) is 12.4 Å². The van der Waals surface area contributed by atoms with E-state index in [2.05, 4.69) is 5.32 Å². The second-order valence-electron chi connectivity index (χ2n) is 8.60. The van der Waals surface area contributed by atoms with Gasteiger partial charge in [-0.15, -0.1) is 0 Å². The summed E-state index contributed by atoms with van der Waals surface area (Å²) in [6.45, 7) is 0.750. The number of carbonyl (C=O) groups excluding carboxylic acids is 1. The number of methoxy groups -OCH3 is 1. The lowest BCUT2D eigenvalue weighted by atomic mass is 10.1. The van der Waals surface area contributed by atoms with Gasteiger partial charge in [0.2, 0.25) is 5.95 Å². The number of anilines is 1. The summed E-state index contributed by atoms with van der Waals surface area (Å²) in [5.74, 6) is 0.963. The first-order valence-electron chi connectivity index (χ1n) is 11.9. The minimum Gasteiger partial charge on any atom is -0.494 e. The maximum Gasteiger partial charge on any atom is 0.259 e. The quantitative estimate of drug-likeness (QED) is 0.214. The minimum absolute atomic E-state index is 0.108. The van der Waals surface area contributed by atoms with Gasteiger partial charge in [0.05, 0.1) is 12.6 Å². The van der Waals surface area contributed by atoms with Gasteiger partial charge in [0.15, 0.2) is 0 Å². The van der Waals surface area contributed by atoms with Crippen LogP contribution >= 0.6 is 0 Å². The number of ether oxygens (including phenoxy) is 1. The number of para-hydroxylation sites is 2. The summed E-state index contributed by atoms with van der Waals surface area (Å²) >= 11 is 0. The molecule has 0 aliphatic rings. The Hall–Kier alpha value is -5.20. The van der Waals surface area contributed by atoms with Crippen LogP contribution in [-0.2, 0) is 17.9 Å². The number of hydrogen-bond acceptors (Lipinski definition) is 7. The van der Waals surface area contributed by atoms with Crippen LogP contribution in [0.3, 0.4) is 0 Å². The van der Waals surface area contributed by atoms with Gasteiger partial charge in [-0.05, 0) is 47.5 Å². The summed E-state index contributed by atoms with van der Waals surface area (Å²) < 4.78 is 7.59. The zero-order chi connectivity index (χ0) is 26.6. The van der Waals surface area contributed by atoms with E-state index in [4.69, 9.17) is 31.4 Å². The number of nitrogens with two attached hydrogens (primary N) is 2. The number of rotatable bonds is 8. The zero-order valence-corrected chi connectivity index (χ0v) is 20.7. The normalized spacial score (nSPS) is 11.4. The van der Waals surface area contributed by atoms with Crippen LogP contribution in [0.4, 0.5) is 5.82 Å². The van der Waals surface area contributed by atoms with Gasteiger partial charge in [0.1, 0.15) is 28.7 Å². The molecule has 0 aliphatic carbocycles. The van der Waals surface area contributed by atoms with Gasteiger partial charge in [0, 0.05) is 29.6 Å². The summed E-state index contributed by atoms with van der Waals surface area (Å²) in [5.41, 5.74) is 15.4. The third kappa shape index (κ3) is 4.64. The van der Waals surface area contributed by atoms with Crippen molar-refractivity contribution in [1.29, 1.82) is 5.26 Å². The third-order valence-corrected chi connectivity index (χ3v) is 6.20. The highest BCUT2D eigenvalue weighted by Crippen LogP contribution is 2.31. The highest BCUT2D eigenvalue weighted by atomic mass is 16.5. The Kier molecular flexibility index (Phi) is 6.72. The summed E-state index contributed by atoms with van der Waals surface area (Å²) in [4.78, 5) is 21.2. The van der Waals surface area contributed by atoms with Gasteiger partial charge in [-0.3, -0.25) is 9.36 Å². The molecule has 0 atom stereocenters. The molecule has 38 heavy (non-hydrogen) atoms. The molecule has 0 unspecified atom stereocenters. The van der Waals surface area contributed by atoms with Crippen LogP contribution in [-0.4, -0.2) is 27.6 Å². The van der Waals surface area contributed by atoms with E-state index >= 15 is 0 Å². The molecule has 0 aliphatic heterocycles. The van der Waals surface area contributed by atoms with Gasteiger partial charge in [-0.25, -0.2) is 4.98 Å². The molecular weight excluding hydrogens is 478 g/mol. The number of benzene rings is 3. The summed E-state index contributed by atoms with van der Waals surface area (Å²) in [5, 5.41) is 14.4. The smallest absolute Gasteiger partial charge is 0.259 e. The molecule has 5 N–H and O–H groups in total. The fourth-order valence-electron chi connectivity index (χ4n) is 4.42. The molecule has 0 saturated heterocycles. The maximum absolute atomic E-state index is 11.4. The lowest BCUT2D eigenvalue weighted by Crippen LogP contribution is -2.12. The predicted molar refractivity (Wildman–Crippen MR) is 147 cm³/mol. The van der Waals surface area contributed by atoms with Crippen LogP contribution in [0.25, 0.3) is 33.8 Å². The second kappa shape index (κ2) is 10.4. The zero-order valence-electron chi connectivity index (χ0n) is 20.7. The highest BCUT2D eigenvalue weighted by molar-refractivity contribution is 6.00. The molecule has 0 fully saturated rings. The average molecular weight is 504 g/mol. The molecule has 9 heteroatoms. The lowest BCUT2D eigenvalue weighted by Gasteiger charge is -2.15. The van der Waals surface area contributed by atoms with Gasteiger partial charge < -0.3 is 21.5 Å². The molecule has 2 aromatic heterocycles. The van der Waals surface area contributed by atoms with E-state index in [-0.39, 0.29) is 5.57 Å². The van der Waals surface area contributed by atoms with Crippen LogP contribution in [0.2, 0.25) is 0 Å². The van der Waals surface area contributed by atoms with Crippen LogP contribution in [0.15, 0.2) is 78.4 Å². The van der Waals surface area contributed by atoms with Gasteiger partial charge in [-0.1, -0.05) is 42.5 Å². The first kappa shape index (κ1) is 24.5. The molecule has 0 bridgehead atoms. The SMILES string of the molecule is COc1cccc2c(NCc3cccc(/C=C(/C#N)C(N)=O)c3)nc(-n3c(CN)cc4ccccc43)nc12. The number of nitrogens with one attached hydrogen (secondary N) is 1. The van der Waals surface area contributed by atoms with E-state index < -0.39 is 5.91 Å². The second-order valence-corrected chi connectivity index (χ2v) is 8.60. The number of nitriles is 1. The van der Waals surface area contributed by atoms with Crippen molar-refractivity contribution >= 4 is 39.6 Å². The molecule has 0 radical (unpaired) electrons. The largest absolute Gasteiger partial charge is 0.494 e. The van der Waals surface area contributed by atoms with Gasteiger partial charge >= 0.3 is 0 Å². The predicted octanol–water partition coefficient (Wildman–Crippen LogP) is 4.05. The summed E-state index contributed by atoms with van der Waals surface area (Å²) in [6, 6.07) is 25.0. The molecule has 3 aromatic carbocycles. The third-order valence-electron chi connectivity index (χ3n) is 6.20. The number of carbonyl (C=O) groups is 1. The lowest BCUT2D eigenvalue weighted by molar-refractivity contribution is -0.114. The standard InChI is InChI=1S/C29H25N7O2/c1-38-25-11-5-9-23-26(25)34-29(36-22(16-31)14-20-8-2-3-10-24(20)36)35-28(23)33-17-19-7-4-6-18(12-19)13-21(15-30)27(32)37/h2-14H,16-17,31H2,1H3,(H2,32,37)(H,33,34,35)/b21-13-. The topological polar surface area (TPSA) is 145 Å². The molecule has 5 rings (SSSR count). The highest BCUT2D eigenvalue weighted by Gasteiger charge is 2.17. The molecule has 0 spiro atoms. The fraction of sp³-hybridized carbons (Fsp3) is 0.103. The van der Waals surface area contributed by atoms with Crippen molar-refractivity contribution in [1.82, 2.24) is 14.5 Å². The number of fused-ring (bicyclic) bond motifs is 2.